The zero-order chi connectivity index (χ0) is 15.8. The molecule has 0 aromatic heterocycles. The average Bonchev–Trinajstić information content (AvgIpc) is 2.51. The molecule has 1 aliphatic rings. The van der Waals surface area contributed by atoms with Crippen molar-refractivity contribution in [2.45, 2.75) is 51.6 Å². The van der Waals surface area contributed by atoms with Gasteiger partial charge in [0.15, 0.2) is 0 Å². The van der Waals surface area contributed by atoms with Gasteiger partial charge in [0.25, 0.3) is 0 Å². The van der Waals surface area contributed by atoms with Crippen LogP contribution in [0.4, 0.5) is 14.9 Å². The molecule has 1 aliphatic carbocycles. The molecular weight excluding hydrogens is 283 g/mol. The van der Waals surface area contributed by atoms with E-state index in [1.165, 1.54) is 31.4 Å². The fraction of sp³-hybridized carbons (Fsp3) is 0.588. The SMILES string of the molecule is Cc1ccc(F)cc1NC(=O)NCCCOC1CCCCC1. The Labute approximate surface area is 131 Å². The maximum atomic E-state index is 13.1. The summed E-state index contributed by atoms with van der Waals surface area (Å²) in [7, 11) is 0. The van der Waals surface area contributed by atoms with Crippen molar-refractivity contribution in [3.63, 3.8) is 0 Å². The standard InChI is InChI=1S/C17H25FN2O2/c1-13-8-9-14(18)12-16(13)20-17(21)19-10-5-11-22-15-6-3-2-4-7-15/h8-9,12,15H,2-7,10-11H2,1H3,(H2,19,20,21). The summed E-state index contributed by atoms with van der Waals surface area (Å²) in [6.07, 6.45) is 7.35. The third kappa shape index (κ3) is 5.64. The minimum atomic E-state index is -0.359. The Morgan fingerprint density at radius 3 is 2.86 bits per heavy atom. The molecule has 2 rings (SSSR count). The molecule has 1 saturated carbocycles. The Balaban J connectivity index is 1.60. The molecule has 2 amide bonds. The Hall–Kier alpha value is -1.62. The van der Waals surface area contributed by atoms with Gasteiger partial charge in [0.1, 0.15) is 5.82 Å². The number of halogens is 1. The fourth-order valence-electron chi connectivity index (χ4n) is 2.65. The first-order valence-electron chi connectivity index (χ1n) is 8.08. The molecule has 1 aromatic rings. The van der Waals surface area contributed by atoms with E-state index in [2.05, 4.69) is 10.6 Å². The molecular formula is C17H25FN2O2. The molecule has 2 N–H and O–H groups in total. The largest absolute Gasteiger partial charge is 0.378 e. The average molecular weight is 308 g/mol. The summed E-state index contributed by atoms with van der Waals surface area (Å²) in [6, 6.07) is 4.02. The third-order valence-electron chi connectivity index (χ3n) is 3.96. The van der Waals surface area contributed by atoms with Crippen LogP contribution in [0.5, 0.6) is 0 Å². The molecule has 0 spiro atoms. The third-order valence-corrected chi connectivity index (χ3v) is 3.96. The van der Waals surface area contributed by atoms with Gasteiger partial charge in [-0.25, -0.2) is 9.18 Å². The highest BCUT2D eigenvalue weighted by atomic mass is 19.1. The number of ether oxygens (including phenoxy) is 1. The van der Waals surface area contributed by atoms with Crippen LogP contribution in [0.2, 0.25) is 0 Å². The highest BCUT2D eigenvalue weighted by molar-refractivity contribution is 5.89. The Morgan fingerprint density at radius 2 is 2.09 bits per heavy atom. The van der Waals surface area contributed by atoms with Crippen LogP contribution in [0.25, 0.3) is 0 Å². The van der Waals surface area contributed by atoms with E-state index >= 15 is 0 Å². The van der Waals surface area contributed by atoms with Crippen molar-refractivity contribution < 1.29 is 13.9 Å². The van der Waals surface area contributed by atoms with Gasteiger partial charge in [0, 0.05) is 18.8 Å². The highest BCUT2D eigenvalue weighted by Crippen LogP contribution is 2.20. The van der Waals surface area contributed by atoms with E-state index in [4.69, 9.17) is 4.74 Å². The predicted octanol–water partition coefficient (Wildman–Crippen LogP) is 4.00. The Kier molecular flexibility index (Phi) is 6.65. The summed E-state index contributed by atoms with van der Waals surface area (Å²) in [4.78, 5) is 11.8. The zero-order valence-electron chi connectivity index (χ0n) is 13.2. The molecule has 4 nitrogen and oxygen atoms in total. The molecule has 0 aliphatic heterocycles. The molecule has 22 heavy (non-hydrogen) atoms. The number of aryl methyl sites for hydroxylation is 1. The minimum Gasteiger partial charge on any atom is -0.378 e. The van der Waals surface area contributed by atoms with Crippen LogP contribution in [-0.2, 0) is 4.74 Å². The summed E-state index contributed by atoms with van der Waals surface area (Å²) in [5.41, 5.74) is 1.33. The summed E-state index contributed by atoms with van der Waals surface area (Å²) >= 11 is 0. The van der Waals surface area contributed by atoms with E-state index in [-0.39, 0.29) is 11.8 Å². The van der Waals surface area contributed by atoms with Crippen LogP contribution in [0.15, 0.2) is 18.2 Å². The van der Waals surface area contributed by atoms with Crippen LogP contribution in [0, 0.1) is 12.7 Å². The van der Waals surface area contributed by atoms with Gasteiger partial charge in [0.2, 0.25) is 0 Å². The molecule has 1 aromatic carbocycles. The number of carbonyl (C=O) groups is 1. The van der Waals surface area contributed by atoms with Gasteiger partial charge in [-0.1, -0.05) is 25.3 Å². The first-order chi connectivity index (χ1) is 10.6. The maximum absolute atomic E-state index is 13.1. The van der Waals surface area contributed by atoms with Crippen molar-refractivity contribution >= 4 is 11.7 Å². The van der Waals surface area contributed by atoms with Crippen molar-refractivity contribution in [2.75, 3.05) is 18.5 Å². The van der Waals surface area contributed by atoms with Gasteiger partial charge < -0.3 is 15.4 Å². The van der Waals surface area contributed by atoms with Crippen molar-refractivity contribution in [1.82, 2.24) is 5.32 Å². The van der Waals surface area contributed by atoms with Gasteiger partial charge in [-0.2, -0.15) is 0 Å². The number of carbonyl (C=O) groups excluding carboxylic acids is 1. The second-order valence-electron chi connectivity index (χ2n) is 5.82. The molecule has 0 radical (unpaired) electrons. The van der Waals surface area contributed by atoms with E-state index in [0.29, 0.717) is 24.9 Å². The maximum Gasteiger partial charge on any atom is 0.319 e. The van der Waals surface area contributed by atoms with Gasteiger partial charge in [-0.15, -0.1) is 0 Å². The fourth-order valence-corrected chi connectivity index (χ4v) is 2.65. The zero-order valence-corrected chi connectivity index (χ0v) is 13.2. The second-order valence-corrected chi connectivity index (χ2v) is 5.82. The van der Waals surface area contributed by atoms with Crippen LogP contribution in [0.1, 0.15) is 44.1 Å². The predicted molar refractivity (Wildman–Crippen MR) is 85.6 cm³/mol. The van der Waals surface area contributed by atoms with Crippen LogP contribution in [-0.4, -0.2) is 25.3 Å². The summed E-state index contributed by atoms with van der Waals surface area (Å²) < 4.78 is 18.9. The molecule has 0 bridgehead atoms. The van der Waals surface area contributed by atoms with Crippen LogP contribution < -0.4 is 10.6 Å². The topological polar surface area (TPSA) is 50.4 Å². The Bertz CT molecular complexity index is 488. The molecule has 0 unspecified atom stereocenters. The lowest BCUT2D eigenvalue weighted by Crippen LogP contribution is -2.30. The van der Waals surface area contributed by atoms with Crippen LogP contribution in [0.3, 0.4) is 0 Å². The number of rotatable bonds is 6. The smallest absolute Gasteiger partial charge is 0.319 e. The van der Waals surface area contributed by atoms with E-state index < -0.39 is 0 Å². The van der Waals surface area contributed by atoms with Crippen molar-refractivity contribution in [2.24, 2.45) is 0 Å². The first kappa shape index (κ1) is 16.7. The number of anilines is 1. The molecule has 1 fully saturated rings. The summed E-state index contributed by atoms with van der Waals surface area (Å²) in [5.74, 6) is -0.359. The van der Waals surface area contributed by atoms with Gasteiger partial charge in [-0.05, 0) is 43.9 Å². The lowest BCUT2D eigenvalue weighted by atomic mass is 9.98. The number of amides is 2. The molecule has 5 heteroatoms. The number of nitrogens with one attached hydrogen (secondary N) is 2. The number of urea groups is 1. The van der Waals surface area contributed by atoms with Gasteiger partial charge in [-0.3, -0.25) is 0 Å². The summed E-state index contributed by atoms with van der Waals surface area (Å²) in [6.45, 7) is 3.05. The molecule has 0 heterocycles. The minimum absolute atomic E-state index is 0.314. The number of hydrogen-bond acceptors (Lipinski definition) is 2. The van der Waals surface area contributed by atoms with E-state index in [0.717, 1.165) is 24.8 Å². The molecule has 0 atom stereocenters. The summed E-state index contributed by atoms with van der Waals surface area (Å²) in [5, 5.41) is 5.42. The molecule has 122 valence electrons. The first-order valence-corrected chi connectivity index (χ1v) is 8.08. The number of benzene rings is 1. The normalized spacial score (nSPS) is 15.5. The van der Waals surface area contributed by atoms with Gasteiger partial charge >= 0.3 is 6.03 Å². The highest BCUT2D eigenvalue weighted by Gasteiger charge is 2.13. The monoisotopic (exact) mass is 308 g/mol. The molecule has 0 saturated heterocycles. The van der Waals surface area contributed by atoms with Crippen LogP contribution >= 0.6 is 0 Å². The van der Waals surface area contributed by atoms with E-state index in [1.807, 2.05) is 6.92 Å². The Morgan fingerprint density at radius 1 is 1.32 bits per heavy atom. The van der Waals surface area contributed by atoms with Gasteiger partial charge in [0.05, 0.1) is 6.10 Å². The number of hydrogen-bond donors (Lipinski definition) is 2. The van der Waals surface area contributed by atoms with E-state index in [9.17, 15) is 9.18 Å². The second kappa shape index (κ2) is 8.73. The lowest BCUT2D eigenvalue weighted by Gasteiger charge is -2.21. The lowest BCUT2D eigenvalue weighted by molar-refractivity contribution is 0.0276. The van der Waals surface area contributed by atoms with Crippen molar-refractivity contribution in [1.29, 1.82) is 0 Å². The van der Waals surface area contributed by atoms with Crippen molar-refractivity contribution in [3.8, 4) is 0 Å². The van der Waals surface area contributed by atoms with Crippen molar-refractivity contribution in [3.05, 3.63) is 29.6 Å². The van der Waals surface area contributed by atoms with E-state index in [1.54, 1.807) is 6.07 Å². The quantitative estimate of drug-likeness (QED) is 0.781.